The number of nitrogen functional groups attached to an aromatic ring is 1. The Kier molecular flexibility index (Phi) is 3.74. The van der Waals surface area contributed by atoms with E-state index >= 15 is 0 Å². The van der Waals surface area contributed by atoms with Crippen LogP contribution in [-0.2, 0) is 0 Å². The lowest BCUT2D eigenvalue weighted by molar-refractivity contribution is 0.466. The van der Waals surface area contributed by atoms with Crippen molar-refractivity contribution in [2.45, 2.75) is 0 Å². The maximum Gasteiger partial charge on any atom is 0.230 e. The van der Waals surface area contributed by atoms with E-state index in [-0.39, 0.29) is 5.88 Å². The van der Waals surface area contributed by atoms with Crippen LogP contribution in [0.2, 0.25) is 0 Å². The van der Waals surface area contributed by atoms with Crippen LogP contribution >= 0.6 is 0 Å². The van der Waals surface area contributed by atoms with Crippen molar-refractivity contribution >= 4 is 16.5 Å². The van der Waals surface area contributed by atoms with E-state index in [4.69, 9.17) is 10.5 Å². The number of ether oxygens (including phenoxy) is 1. The van der Waals surface area contributed by atoms with Gasteiger partial charge in [0.25, 0.3) is 0 Å². The van der Waals surface area contributed by atoms with Crippen LogP contribution in [0.4, 0.5) is 10.1 Å². The van der Waals surface area contributed by atoms with Gasteiger partial charge in [0, 0.05) is 29.0 Å². The topological polar surface area (TPSA) is 61.0 Å². The molecule has 5 heteroatoms. The average molecular weight is 331 g/mol. The lowest BCUT2D eigenvalue weighted by Gasteiger charge is -2.12. The van der Waals surface area contributed by atoms with Crippen LogP contribution in [0, 0.1) is 5.82 Å². The van der Waals surface area contributed by atoms with Gasteiger partial charge in [-0.3, -0.25) is 4.98 Å². The van der Waals surface area contributed by atoms with Gasteiger partial charge >= 0.3 is 0 Å². The molecule has 4 aromatic rings. The van der Waals surface area contributed by atoms with Gasteiger partial charge in [0.05, 0.1) is 11.1 Å². The first-order chi connectivity index (χ1) is 12.2. The molecule has 2 N–H and O–H groups in total. The summed E-state index contributed by atoms with van der Waals surface area (Å²) < 4.78 is 20.3. The molecule has 0 aliphatic rings. The molecule has 0 aliphatic heterocycles. The molecule has 4 rings (SSSR count). The maximum atomic E-state index is 14.5. The largest absolute Gasteiger partial charge is 0.438 e. The van der Waals surface area contributed by atoms with Crippen molar-refractivity contribution < 1.29 is 9.13 Å². The summed E-state index contributed by atoms with van der Waals surface area (Å²) in [5, 5.41) is 1.02. The van der Waals surface area contributed by atoms with Crippen LogP contribution in [0.15, 0.2) is 73.1 Å². The molecule has 2 aromatic carbocycles. The molecule has 122 valence electrons. The Morgan fingerprint density at radius 2 is 1.72 bits per heavy atom. The number of halogens is 1. The minimum atomic E-state index is -0.395. The van der Waals surface area contributed by atoms with Crippen molar-refractivity contribution in [3.05, 3.63) is 78.9 Å². The van der Waals surface area contributed by atoms with E-state index in [2.05, 4.69) is 9.97 Å². The molecule has 0 aliphatic carbocycles. The summed E-state index contributed by atoms with van der Waals surface area (Å²) in [6, 6.07) is 17.3. The number of nitrogens with two attached hydrogens (primary N) is 1. The quantitative estimate of drug-likeness (QED) is 0.547. The number of anilines is 1. The van der Waals surface area contributed by atoms with Gasteiger partial charge in [-0.2, -0.15) is 0 Å². The van der Waals surface area contributed by atoms with E-state index in [1.165, 1.54) is 6.07 Å². The monoisotopic (exact) mass is 331 g/mol. The number of benzene rings is 2. The average Bonchev–Trinajstić information content (AvgIpc) is 2.64. The Morgan fingerprint density at radius 3 is 2.48 bits per heavy atom. The van der Waals surface area contributed by atoms with Crippen LogP contribution in [0.1, 0.15) is 0 Å². The summed E-state index contributed by atoms with van der Waals surface area (Å²) in [6.45, 7) is 0. The van der Waals surface area contributed by atoms with E-state index in [1.54, 1.807) is 42.7 Å². The molecule has 0 spiro atoms. The highest BCUT2D eigenvalue weighted by molar-refractivity contribution is 5.98. The fraction of sp³-hybridized carbons (Fsp3) is 0. The molecule has 0 bridgehead atoms. The van der Waals surface area contributed by atoms with Gasteiger partial charge < -0.3 is 10.5 Å². The number of pyridine rings is 2. The molecule has 0 saturated carbocycles. The Hall–Kier alpha value is -3.47. The molecule has 2 aromatic heterocycles. The van der Waals surface area contributed by atoms with Crippen LogP contribution < -0.4 is 10.5 Å². The number of aromatic nitrogens is 2. The highest BCUT2D eigenvalue weighted by atomic mass is 19.1. The van der Waals surface area contributed by atoms with Crippen LogP contribution in [0.5, 0.6) is 11.6 Å². The van der Waals surface area contributed by atoms with Crippen molar-refractivity contribution in [2.75, 3.05) is 5.73 Å². The van der Waals surface area contributed by atoms with Crippen LogP contribution in [0.3, 0.4) is 0 Å². The molecule has 2 heterocycles. The first-order valence-corrected chi connectivity index (χ1v) is 7.74. The van der Waals surface area contributed by atoms with Crippen molar-refractivity contribution in [1.29, 1.82) is 0 Å². The van der Waals surface area contributed by atoms with Crippen molar-refractivity contribution in [3.63, 3.8) is 0 Å². The summed E-state index contributed by atoms with van der Waals surface area (Å²) in [6.07, 6.45) is 3.34. The minimum absolute atomic E-state index is 0.206. The minimum Gasteiger partial charge on any atom is -0.438 e. The van der Waals surface area contributed by atoms with Gasteiger partial charge in [-0.15, -0.1) is 0 Å². The van der Waals surface area contributed by atoms with E-state index in [9.17, 15) is 4.39 Å². The Bertz CT molecular complexity index is 1030. The molecule has 0 fully saturated rings. The summed E-state index contributed by atoms with van der Waals surface area (Å²) in [5.41, 5.74) is 7.78. The van der Waals surface area contributed by atoms with Gasteiger partial charge in [0.15, 0.2) is 0 Å². The second-order valence-electron chi connectivity index (χ2n) is 5.53. The van der Waals surface area contributed by atoms with Crippen molar-refractivity contribution in [3.8, 4) is 22.9 Å². The number of hydrogen-bond acceptors (Lipinski definition) is 4. The zero-order valence-electron chi connectivity index (χ0n) is 13.2. The summed E-state index contributed by atoms with van der Waals surface area (Å²) in [7, 11) is 0. The van der Waals surface area contributed by atoms with Crippen molar-refractivity contribution in [2.24, 2.45) is 0 Å². The van der Waals surface area contributed by atoms with Gasteiger partial charge in [-0.05, 0) is 42.5 Å². The van der Waals surface area contributed by atoms with Gasteiger partial charge in [0.2, 0.25) is 5.88 Å². The molecule has 4 nitrogen and oxygen atoms in total. The first kappa shape index (κ1) is 15.1. The molecule has 25 heavy (non-hydrogen) atoms. The molecule has 0 amide bonds. The highest BCUT2D eigenvalue weighted by Gasteiger charge is 2.15. The Balaban J connectivity index is 1.88. The lowest BCUT2D eigenvalue weighted by atomic mass is 10.0. The second-order valence-corrected chi connectivity index (χ2v) is 5.53. The smallest absolute Gasteiger partial charge is 0.230 e. The predicted molar refractivity (Wildman–Crippen MR) is 95.9 cm³/mol. The SMILES string of the molecule is Nc1ccc(Oc2ncc(-c3ccccn3)c3cccc(F)c23)cc1. The third-order valence-electron chi connectivity index (χ3n) is 3.86. The van der Waals surface area contributed by atoms with E-state index in [1.807, 2.05) is 24.3 Å². The number of rotatable bonds is 3. The molecular formula is C20H14FN3O. The number of nitrogens with zero attached hydrogens (tertiary/aromatic N) is 2. The molecule has 0 saturated heterocycles. The lowest BCUT2D eigenvalue weighted by Crippen LogP contribution is -1.95. The van der Waals surface area contributed by atoms with Crippen LogP contribution in [0.25, 0.3) is 22.0 Å². The fourth-order valence-corrected chi connectivity index (χ4v) is 2.67. The zero-order valence-corrected chi connectivity index (χ0v) is 13.2. The molecular weight excluding hydrogens is 317 g/mol. The maximum absolute atomic E-state index is 14.5. The number of fused-ring (bicyclic) bond motifs is 1. The van der Waals surface area contributed by atoms with E-state index < -0.39 is 5.82 Å². The van der Waals surface area contributed by atoms with Crippen LogP contribution in [-0.4, -0.2) is 9.97 Å². The standard InChI is InChI=1S/C20H14FN3O/c21-17-5-3-4-15-16(18-6-1-2-11-23-18)12-24-20(19(15)17)25-14-9-7-13(22)8-10-14/h1-12H,22H2. The molecule has 0 atom stereocenters. The summed E-state index contributed by atoms with van der Waals surface area (Å²) in [5.74, 6) is 0.350. The Morgan fingerprint density at radius 1 is 0.880 bits per heavy atom. The van der Waals surface area contributed by atoms with Gasteiger partial charge in [-0.1, -0.05) is 18.2 Å². The van der Waals surface area contributed by atoms with E-state index in [0.717, 1.165) is 11.3 Å². The van der Waals surface area contributed by atoms with Crippen molar-refractivity contribution in [1.82, 2.24) is 9.97 Å². The third-order valence-corrected chi connectivity index (χ3v) is 3.86. The fourth-order valence-electron chi connectivity index (χ4n) is 2.67. The molecule has 0 radical (unpaired) electrons. The Labute approximate surface area is 143 Å². The van der Waals surface area contributed by atoms with Gasteiger partial charge in [-0.25, -0.2) is 9.37 Å². The number of hydrogen-bond donors (Lipinski definition) is 1. The zero-order chi connectivity index (χ0) is 17.2. The first-order valence-electron chi connectivity index (χ1n) is 7.74. The normalized spacial score (nSPS) is 10.8. The highest BCUT2D eigenvalue weighted by Crippen LogP contribution is 2.35. The summed E-state index contributed by atoms with van der Waals surface area (Å²) in [4.78, 5) is 8.66. The van der Waals surface area contributed by atoms with E-state index in [0.29, 0.717) is 22.2 Å². The van der Waals surface area contributed by atoms with Gasteiger partial charge in [0.1, 0.15) is 11.6 Å². The molecule has 0 unspecified atom stereocenters. The second kappa shape index (κ2) is 6.20. The third kappa shape index (κ3) is 2.87. The summed E-state index contributed by atoms with van der Waals surface area (Å²) >= 11 is 0. The predicted octanol–water partition coefficient (Wildman–Crippen LogP) is 4.81.